The third kappa shape index (κ3) is 5.03. The number of aliphatic hydroxyl groups excluding tert-OH is 1. The number of aliphatic hydroxyl groups is 1. The van der Waals surface area contributed by atoms with Crippen molar-refractivity contribution in [2.75, 3.05) is 11.9 Å². The van der Waals surface area contributed by atoms with E-state index in [1.54, 1.807) is 0 Å². The molecule has 2 aromatic heterocycles. The van der Waals surface area contributed by atoms with E-state index >= 15 is 0 Å². The molecule has 10 heteroatoms. The van der Waals surface area contributed by atoms with Crippen molar-refractivity contribution in [2.45, 2.75) is 57.7 Å². The number of hydrogen-bond donors (Lipinski definition) is 3. The molecule has 0 saturated heterocycles. The van der Waals surface area contributed by atoms with Crippen LogP contribution in [0.3, 0.4) is 0 Å². The predicted octanol–water partition coefficient (Wildman–Crippen LogP) is 2.87. The van der Waals surface area contributed by atoms with Crippen LogP contribution in [0.2, 0.25) is 0 Å². The highest BCUT2D eigenvalue weighted by molar-refractivity contribution is 7.84. The SMILES string of the molecule is CC[C@@H](COS(N)(=O)=O)[C@@H](O)Cn1ccc2c(N[C@@H]3CC(C)(C)c4ccccc43)ncnc21. The second-order valence-corrected chi connectivity index (χ2v) is 10.5. The van der Waals surface area contributed by atoms with Gasteiger partial charge in [0.05, 0.1) is 30.7 Å². The van der Waals surface area contributed by atoms with E-state index in [1.807, 2.05) is 23.8 Å². The highest BCUT2D eigenvalue weighted by Gasteiger charge is 2.36. The zero-order valence-electron chi connectivity index (χ0n) is 19.1. The molecule has 0 amide bonds. The Morgan fingerprint density at radius 2 is 2.06 bits per heavy atom. The van der Waals surface area contributed by atoms with Crippen molar-refractivity contribution in [1.29, 1.82) is 0 Å². The van der Waals surface area contributed by atoms with Crippen LogP contribution < -0.4 is 10.5 Å². The van der Waals surface area contributed by atoms with Crippen molar-refractivity contribution in [3.63, 3.8) is 0 Å². The molecular formula is C23H31N5O4S. The molecule has 3 atom stereocenters. The first kappa shape index (κ1) is 23.6. The van der Waals surface area contributed by atoms with Crippen molar-refractivity contribution in [3.05, 3.63) is 54.0 Å². The molecule has 2 heterocycles. The quantitative estimate of drug-likeness (QED) is 0.435. The normalized spacial score (nSPS) is 19.4. The fraction of sp³-hybridized carbons (Fsp3) is 0.478. The van der Waals surface area contributed by atoms with E-state index in [9.17, 15) is 13.5 Å². The molecule has 3 aromatic rings. The highest BCUT2D eigenvalue weighted by atomic mass is 32.2. The van der Waals surface area contributed by atoms with Gasteiger partial charge in [0, 0.05) is 12.1 Å². The first-order valence-corrected chi connectivity index (χ1v) is 12.6. The summed E-state index contributed by atoms with van der Waals surface area (Å²) in [6.45, 7) is 6.44. The van der Waals surface area contributed by atoms with Crippen molar-refractivity contribution in [2.24, 2.45) is 11.1 Å². The van der Waals surface area contributed by atoms with Crippen LogP contribution in [-0.2, 0) is 26.4 Å². The molecule has 1 aliphatic carbocycles. The summed E-state index contributed by atoms with van der Waals surface area (Å²) in [5.41, 5.74) is 3.40. The van der Waals surface area contributed by atoms with Gasteiger partial charge in [0.1, 0.15) is 17.8 Å². The van der Waals surface area contributed by atoms with Gasteiger partial charge in [-0.1, -0.05) is 45.0 Å². The molecule has 0 spiro atoms. The van der Waals surface area contributed by atoms with Crippen LogP contribution in [0.15, 0.2) is 42.9 Å². The monoisotopic (exact) mass is 473 g/mol. The summed E-state index contributed by atoms with van der Waals surface area (Å²) < 4.78 is 28.8. The molecule has 4 rings (SSSR count). The minimum atomic E-state index is -4.05. The average molecular weight is 474 g/mol. The molecule has 9 nitrogen and oxygen atoms in total. The third-order valence-electron chi connectivity index (χ3n) is 6.55. The molecular weight excluding hydrogens is 442 g/mol. The number of nitrogens with zero attached hydrogens (tertiary/aromatic N) is 3. The minimum Gasteiger partial charge on any atom is -0.391 e. The summed E-state index contributed by atoms with van der Waals surface area (Å²) in [4.78, 5) is 8.92. The zero-order chi connectivity index (χ0) is 23.8. The van der Waals surface area contributed by atoms with Gasteiger partial charge in [-0.3, -0.25) is 4.18 Å². The Morgan fingerprint density at radius 1 is 1.30 bits per heavy atom. The van der Waals surface area contributed by atoms with Gasteiger partial charge in [-0.25, -0.2) is 15.1 Å². The smallest absolute Gasteiger partial charge is 0.333 e. The van der Waals surface area contributed by atoms with Gasteiger partial charge in [-0.2, -0.15) is 8.42 Å². The van der Waals surface area contributed by atoms with Crippen LogP contribution in [0.1, 0.15) is 50.8 Å². The van der Waals surface area contributed by atoms with Crippen LogP contribution >= 0.6 is 0 Å². The van der Waals surface area contributed by atoms with E-state index in [0.29, 0.717) is 12.1 Å². The van der Waals surface area contributed by atoms with E-state index in [1.165, 1.54) is 17.5 Å². The summed E-state index contributed by atoms with van der Waals surface area (Å²) in [5, 5.41) is 20.1. The maximum atomic E-state index is 11.1. The van der Waals surface area contributed by atoms with Crippen LogP contribution in [0, 0.1) is 5.92 Å². The maximum absolute atomic E-state index is 11.1. The van der Waals surface area contributed by atoms with E-state index in [-0.39, 0.29) is 24.6 Å². The van der Waals surface area contributed by atoms with Gasteiger partial charge in [-0.05, 0) is 35.4 Å². The molecule has 33 heavy (non-hydrogen) atoms. The van der Waals surface area contributed by atoms with E-state index in [4.69, 9.17) is 9.32 Å². The first-order chi connectivity index (χ1) is 15.6. The van der Waals surface area contributed by atoms with Crippen molar-refractivity contribution < 1.29 is 17.7 Å². The molecule has 0 aliphatic heterocycles. The number of fused-ring (bicyclic) bond motifs is 2. The molecule has 1 aromatic carbocycles. The number of aromatic nitrogens is 3. The fourth-order valence-corrected chi connectivity index (χ4v) is 5.11. The molecule has 0 radical (unpaired) electrons. The summed E-state index contributed by atoms with van der Waals surface area (Å²) in [5.74, 6) is 0.354. The van der Waals surface area contributed by atoms with Crippen LogP contribution in [-0.4, -0.2) is 40.8 Å². The van der Waals surface area contributed by atoms with Gasteiger partial charge in [0.15, 0.2) is 0 Å². The number of benzene rings is 1. The van der Waals surface area contributed by atoms with Crippen molar-refractivity contribution in [1.82, 2.24) is 14.5 Å². The number of rotatable bonds is 9. The Balaban J connectivity index is 1.54. The summed E-state index contributed by atoms with van der Waals surface area (Å²) in [6, 6.07) is 10.6. The standard InChI is InChI=1S/C23H31N5O4S/c1-4-15(13-32-33(24,30)31)20(29)12-28-10-9-17-21(25-14-26-22(17)28)27-19-11-23(2,3)18-8-6-5-7-16(18)19/h5-10,14-15,19-20,29H,4,11-13H2,1-3H3,(H2,24,30,31)(H,25,26,27)/t15-,19+,20-/m0/s1. The number of anilines is 1. The van der Waals surface area contributed by atoms with Gasteiger partial charge >= 0.3 is 10.3 Å². The zero-order valence-corrected chi connectivity index (χ0v) is 19.9. The average Bonchev–Trinajstić information content (AvgIpc) is 3.27. The van der Waals surface area contributed by atoms with Crippen LogP contribution in [0.5, 0.6) is 0 Å². The third-order valence-corrected chi connectivity index (χ3v) is 7.01. The molecule has 0 fully saturated rings. The van der Waals surface area contributed by atoms with Gasteiger partial charge in [0.25, 0.3) is 0 Å². The molecule has 0 saturated carbocycles. The second-order valence-electron chi connectivity index (χ2n) is 9.31. The lowest BCUT2D eigenvalue weighted by molar-refractivity contribution is 0.0616. The Labute approximate surface area is 194 Å². The van der Waals surface area contributed by atoms with Crippen LogP contribution in [0.25, 0.3) is 11.0 Å². The van der Waals surface area contributed by atoms with E-state index in [0.717, 1.165) is 17.6 Å². The van der Waals surface area contributed by atoms with Crippen molar-refractivity contribution in [3.8, 4) is 0 Å². The minimum absolute atomic E-state index is 0.0741. The Hall–Kier alpha value is -2.53. The first-order valence-electron chi connectivity index (χ1n) is 11.1. The number of hydrogen-bond acceptors (Lipinski definition) is 7. The van der Waals surface area contributed by atoms with Crippen molar-refractivity contribution >= 4 is 27.2 Å². The highest BCUT2D eigenvalue weighted by Crippen LogP contribution is 2.45. The molecule has 4 N–H and O–H groups in total. The lowest BCUT2D eigenvalue weighted by Crippen LogP contribution is -2.31. The lowest BCUT2D eigenvalue weighted by atomic mass is 9.86. The second kappa shape index (κ2) is 9.02. The van der Waals surface area contributed by atoms with E-state index < -0.39 is 22.3 Å². The Kier molecular flexibility index (Phi) is 6.45. The molecule has 0 bridgehead atoms. The van der Waals surface area contributed by atoms with E-state index in [2.05, 4.69) is 53.4 Å². The number of nitrogens with one attached hydrogen (secondary N) is 1. The van der Waals surface area contributed by atoms with Gasteiger partial charge < -0.3 is 15.0 Å². The maximum Gasteiger partial charge on any atom is 0.333 e. The van der Waals surface area contributed by atoms with Gasteiger partial charge in [-0.15, -0.1) is 0 Å². The fourth-order valence-electron chi connectivity index (χ4n) is 4.74. The molecule has 178 valence electrons. The summed E-state index contributed by atoms with van der Waals surface area (Å²) >= 11 is 0. The van der Waals surface area contributed by atoms with Crippen LogP contribution in [0.4, 0.5) is 5.82 Å². The predicted molar refractivity (Wildman–Crippen MR) is 127 cm³/mol. The lowest BCUT2D eigenvalue weighted by Gasteiger charge is -2.22. The molecule has 0 unspecified atom stereocenters. The van der Waals surface area contributed by atoms with Gasteiger partial charge in [0.2, 0.25) is 0 Å². The summed E-state index contributed by atoms with van der Waals surface area (Å²) in [6.07, 6.45) is 4.03. The Morgan fingerprint density at radius 3 is 2.79 bits per heavy atom. The topological polar surface area (TPSA) is 132 Å². The Bertz CT molecular complexity index is 1240. The molecule has 1 aliphatic rings. The largest absolute Gasteiger partial charge is 0.391 e. The summed E-state index contributed by atoms with van der Waals surface area (Å²) in [7, 11) is -4.05. The number of nitrogens with two attached hydrogens (primary N) is 1.